The largest absolute Gasteiger partial charge is 0.466 e. The molecule has 0 spiro atoms. The summed E-state index contributed by atoms with van der Waals surface area (Å²) in [6.07, 6.45) is 31.1. The lowest BCUT2D eigenvalue weighted by molar-refractivity contribution is -0.191. The molecule has 1 amide bonds. The number of hydroxylamine groups is 2. The number of nitrogens with zero attached hydrogens (tertiary/aromatic N) is 1. The molecular weight excluding hydrogens is 566 g/mol. The van der Waals surface area contributed by atoms with Gasteiger partial charge in [0, 0.05) is 6.42 Å². The fourth-order valence-corrected chi connectivity index (χ4v) is 5.64. The Balaban J connectivity index is 4.36. The minimum absolute atomic E-state index is 0.142. The second kappa shape index (κ2) is 33.7. The van der Waals surface area contributed by atoms with E-state index >= 15 is 0 Å². The maximum absolute atomic E-state index is 12.9. The summed E-state index contributed by atoms with van der Waals surface area (Å²) in [6, 6.07) is -1.37. The van der Waals surface area contributed by atoms with E-state index in [2.05, 4.69) is 20.8 Å². The highest BCUT2D eigenvalue weighted by Crippen LogP contribution is 2.16. The zero-order chi connectivity index (χ0) is 33.2. The van der Waals surface area contributed by atoms with E-state index in [9.17, 15) is 19.6 Å². The van der Waals surface area contributed by atoms with Crippen LogP contribution in [-0.2, 0) is 23.9 Å². The van der Waals surface area contributed by atoms with Crippen LogP contribution in [0.3, 0.4) is 0 Å². The molecule has 0 aromatic carbocycles. The molecule has 0 saturated carbocycles. The topological polar surface area (TPSA) is 93.1 Å². The van der Waals surface area contributed by atoms with Crippen LogP contribution in [-0.4, -0.2) is 47.4 Å². The Morgan fingerprint density at radius 2 is 0.822 bits per heavy atom. The molecule has 0 fully saturated rings. The fraction of sp³-hybridized carbons (Fsp3) is 0.921. The zero-order valence-corrected chi connectivity index (χ0v) is 29.9. The van der Waals surface area contributed by atoms with Crippen LogP contribution in [0, 0.1) is 0 Å². The van der Waals surface area contributed by atoms with E-state index in [1.165, 1.54) is 103 Å². The third kappa shape index (κ3) is 28.3. The van der Waals surface area contributed by atoms with Crippen LogP contribution >= 0.6 is 0 Å². The number of carbonyl (C=O) groups is 3. The summed E-state index contributed by atoms with van der Waals surface area (Å²) in [6.45, 7) is 7.07. The molecule has 0 aromatic heterocycles. The lowest BCUT2D eigenvalue weighted by Gasteiger charge is -2.24. The van der Waals surface area contributed by atoms with Gasteiger partial charge in [-0.2, -0.15) is 0 Å². The molecule has 0 aliphatic rings. The molecule has 266 valence electrons. The van der Waals surface area contributed by atoms with E-state index in [1.54, 1.807) is 0 Å². The normalized spacial score (nSPS) is 11.8. The SMILES string of the molecule is CCCCCCCCCCCCCCCCCC(=O)N(O)[C@@H](CC(=O)OCCCCCC)C(=O)OCCCCCCCCCC. The number of hydrogen-bond donors (Lipinski definition) is 1. The third-order valence-electron chi connectivity index (χ3n) is 8.68. The van der Waals surface area contributed by atoms with E-state index in [0.717, 1.165) is 64.2 Å². The lowest BCUT2D eigenvalue weighted by Crippen LogP contribution is -2.45. The highest BCUT2D eigenvalue weighted by molar-refractivity contribution is 5.87. The molecule has 7 heteroatoms. The van der Waals surface area contributed by atoms with Gasteiger partial charge in [-0.25, -0.2) is 9.86 Å². The number of rotatable bonds is 34. The minimum atomic E-state index is -1.37. The highest BCUT2D eigenvalue weighted by Gasteiger charge is 2.33. The Morgan fingerprint density at radius 1 is 0.489 bits per heavy atom. The Kier molecular flexibility index (Phi) is 32.5. The maximum Gasteiger partial charge on any atom is 0.332 e. The first-order valence-electron chi connectivity index (χ1n) is 19.3. The predicted octanol–water partition coefficient (Wildman–Crippen LogP) is 11.0. The Bertz CT molecular complexity index is 685. The second-order valence-electron chi connectivity index (χ2n) is 13.1. The summed E-state index contributed by atoms with van der Waals surface area (Å²) in [5, 5.41) is 11.1. The van der Waals surface area contributed by atoms with Crippen molar-refractivity contribution in [2.24, 2.45) is 0 Å². The average molecular weight is 640 g/mol. The average Bonchev–Trinajstić information content (AvgIpc) is 3.04. The van der Waals surface area contributed by atoms with Gasteiger partial charge in [-0.15, -0.1) is 0 Å². The van der Waals surface area contributed by atoms with Crippen LogP contribution in [0.2, 0.25) is 0 Å². The molecule has 0 aliphatic heterocycles. The molecule has 0 unspecified atom stereocenters. The molecule has 0 rings (SSSR count). The van der Waals surface area contributed by atoms with Gasteiger partial charge in [-0.1, -0.05) is 175 Å². The van der Waals surface area contributed by atoms with Crippen molar-refractivity contribution in [3.05, 3.63) is 0 Å². The van der Waals surface area contributed by atoms with Gasteiger partial charge in [0.05, 0.1) is 19.6 Å². The van der Waals surface area contributed by atoms with Crippen molar-refractivity contribution in [1.29, 1.82) is 0 Å². The number of carbonyl (C=O) groups excluding carboxylic acids is 3. The standard InChI is InChI=1S/C38H73NO6/c1-4-7-10-13-15-17-18-19-20-21-22-23-24-26-28-31-36(40)39(43)35(34-37(41)44-32-29-12-9-6-3)38(42)45-33-30-27-25-16-14-11-8-5-2/h35,43H,4-34H2,1-3H3/t35-/m0/s1. The molecule has 0 bridgehead atoms. The minimum Gasteiger partial charge on any atom is -0.466 e. The van der Waals surface area contributed by atoms with Gasteiger partial charge >= 0.3 is 11.9 Å². The zero-order valence-electron chi connectivity index (χ0n) is 29.9. The quantitative estimate of drug-likeness (QED) is 0.0326. The van der Waals surface area contributed by atoms with Crippen molar-refractivity contribution in [3.8, 4) is 0 Å². The molecule has 1 atom stereocenters. The van der Waals surface area contributed by atoms with E-state index in [1.807, 2.05) is 0 Å². The smallest absolute Gasteiger partial charge is 0.332 e. The van der Waals surface area contributed by atoms with Crippen molar-refractivity contribution in [2.45, 2.75) is 213 Å². The molecule has 0 heterocycles. The van der Waals surface area contributed by atoms with Crippen LogP contribution in [0.4, 0.5) is 0 Å². The van der Waals surface area contributed by atoms with E-state index in [0.29, 0.717) is 11.5 Å². The van der Waals surface area contributed by atoms with Crippen molar-refractivity contribution >= 4 is 17.8 Å². The third-order valence-corrected chi connectivity index (χ3v) is 8.68. The van der Waals surface area contributed by atoms with Crippen molar-refractivity contribution < 1.29 is 29.1 Å². The van der Waals surface area contributed by atoms with Gasteiger partial charge in [-0.05, 0) is 19.3 Å². The number of hydrogen-bond acceptors (Lipinski definition) is 6. The van der Waals surface area contributed by atoms with Crippen LogP contribution in [0.25, 0.3) is 0 Å². The molecule has 1 N–H and O–H groups in total. The summed E-state index contributed by atoms with van der Waals surface area (Å²) in [4.78, 5) is 38.1. The molecular formula is C38H73NO6. The molecule has 0 aliphatic carbocycles. The van der Waals surface area contributed by atoms with Gasteiger partial charge < -0.3 is 9.47 Å². The molecule has 0 saturated heterocycles. The van der Waals surface area contributed by atoms with Gasteiger partial charge in [0.15, 0.2) is 6.04 Å². The summed E-state index contributed by atoms with van der Waals surface area (Å²) in [5.41, 5.74) is 0. The summed E-state index contributed by atoms with van der Waals surface area (Å²) >= 11 is 0. The van der Waals surface area contributed by atoms with E-state index in [-0.39, 0.29) is 19.6 Å². The Morgan fingerprint density at radius 3 is 1.24 bits per heavy atom. The number of ether oxygens (including phenoxy) is 2. The highest BCUT2D eigenvalue weighted by atomic mass is 16.6. The van der Waals surface area contributed by atoms with Crippen LogP contribution in [0.1, 0.15) is 207 Å². The van der Waals surface area contributed by atoms with Crippen LogP contribution in [0.15, 0.2) is 0 Å². The summed E-state index contributed by atoms with van der Waals surface area (Å²) in [7, 11) is 0. The Hall–Kier alpha value is -1.63. The van der Waals surface area contributed by atoms with Gasteiger partial charge in [0.25, 0.3) is 0 Å². The Labute approximate surface area is 277 Å². The second-order valence-corrected chi connectivity index (χ2v) is 13.1. The molecule has 0 radical (unpaired) electrons. The van der Waals surface area contributed by atoms with Crippen molar-refractivity contribution in [1.82, 2.24) is 5.06 Å². The van der Waals surface area contributed by atoms with E-state index in [4.69, 9.17) is 9.47 Å². The van der Waals surface area contributed by atoms with Gasteiger partial charge in [-0.3, -0.25) is 14.8 Å². The summed E-state index contributed by atoms with van der Waals surface area (Å²) in [5.74, 6) is -1.89. The maximum atomic E-state index is 12.9. The first kappa shape index (κ1) is 43.4. The summed E-state index contributed by atoms with van der Waals surface area (Å²) < 4.78 is 10.7. The molecule has 7 nitrogen and oxygen atoms in total. The molecule has 45 heavy (non-hydrogen) atoms. The van der Waals surface area contributed by atoms with Crippen molar-refractivity contribution in [3.63, 3.8) is 0 Å². The van der Waals surface area contributed by atoms with Gasteiger partial charge in [0.1, 0.15) is 0 Å². The van der Waals surface area contributed by atoms with Gasteiger partial charge in [0.2, 0.25) is 5.91 Å². The predicted molar refractivity (Wildman–Crippen MR) is 185 cm³/mol. The number of unbranched alkanes of at least 4 members (excludes halogenated alkanes) is 24. The monoisotopic (exact) mass is 640 g/mol. The number of esters is 2. The van der Waals surface area contributed by atoms with Crippen molar-refractivity contribution in [2.75, 3.05) is 13.2 Å². The lowest BCUT2D eigenvalue weighted by atomic mass is 10.0. The number of amides is 1. The fourth-order valence-electron chi connectivity index (χ4n) is 5.64. The molecule has 0 aromatic rings. The van der Waals surface area contributed by atoms with E-state index < -0.39 is 30.3 Å². The van der Waals surface area contributed by atoms with Crippen LogP contribution < -0.4 is 0 Å². The first-order valence-corrected chi connectivity index (χ1v) is 19.3. The van der Waals surface area contributed by atoms with Crippen LogP contribution in [0.5, 0.6) is 0 Å². The first-order chi connectivity index (χ1) is 22.0.